The summed E-state index contributed by atoms with van der Waals surface area (Å²) < 4.78 is 44.0. The topological polar surface area (TPSA) is 71.1 Å². The number of ether oxygens (including phenoxy) is 3. The second-order valence-electron chi connectivity index (χ2n) is 4.78. The van der Waals surface area contributed by atoms with Gasteiger partial charge in [-0.2, -0.15) is 8.42 Å². The monoisotopic (exact) mass is 344 g/mol. The molecule has 0 unspecified atom stereocenters. The molecule has 0 aliphatic rings. The number of hydrogen-bond donors (Lipinski definition) is 0. The van der Waals surface area contributed by atoms with Crippen molar-refractivity contribution in [2.75, 3.05) is 39.6 Å². The van der Waals surface area contributed by atoms with Gasteiger partial charge >= 0.3 is 0 Å². The van der Waals surface area contributed by atoms with Crippen LogP contribution in [-0.2, 0) is 34.3 Å². The first-order chi connectivity index (χ1) is 11.0. The second-order valence-corrected chi connectivity index (χ2v) is 6.42. The smallest absolute Gasteiger partial charge is 0.271 e. The average Bonchev–Trinajstić information content (AvgIpc) is 2.49. The van der Waals surface area contributed by atoms with Crippen LogP contribution < -0.4 is 0 Å². The highest BCUT2D eigenvalue weighted by Crippen LogP contribution is 2.06. The zero-order valence-corrected chi connectivity index (χ0v) is 14.2. The minimum atomic E-state index is -3.58. The predicted octanol–water partition coefficient (Wildman–Crippen LogP) is 2.12. The number of rotatable bonds is 13. The number of benzene rings is 1. The van der Waals surface area contributed by atoms with Gasteiger partial charge in [0.15, 0.2) is 0 Å². The van der Waals surface area contributed by atoms with Crippen LogP contribution in [0.1, 0.15) is 12.5 Å². The summed E-state index contributed by atoms with van der Waals surface area (Å²) in [4.78, 5) is 0. The lowest BCUT2D eigenvalue weighted by Crippen LogP contribution is -2.15. The summed E-state index contributed by atoms with van der Waals surface area (Å²) >= 11 is 0. The molecule has 0 bridgehead atoms. The van der Waals surface area contributed by atoms with Crippen LogP contribution in [0.25, 0.3) is 0 Å². The van der Waals surface area contributed by atoms with Crippen molar-refractivity contribution in [3.05, 3.63) is 48.2 Å². The molecule has 0 N–H and O–H groups in total. The standard InChI is InChI=1S/C16H24O6S/c1-15(2)21-12-10-19-8-9-20-11-13-22-23(17,18)14-16-6-4-3-5-7-16/h3-7H,1,8-14H2,2H3. The Balaban J connectivity index is 2.01. The Bertz CT molecular complexity index is 541. The highest BCUT2D eigenvalue weighted by atomic mass is 32.2. The molecule has 0 amide bonds. The largest absolute Gasteiger partial charge is 0.496 e. The maximum atomic E-state index is 11.7. The molecule has 0 aliphatic heterocycles. The van der Waals surface area contributed by atoms with Gasteiger partial charge in [-0.3, -0.25) is 4.18 Å². The molecule has 0 heterocycles. The van der Waals surface area contributed by atoms with E-state index < -0.39 is 10.1 Å². The molecule has 1 aromatic rings. The molecule has 130 valence electrons. The molecule has 0 saturated carbocycles. The van der Waals surface area contributed by atoms with Gasteiger partial charge in [-0.25, -0.2) is 0 Å². The normalized spacial score (nSPS) is 11.3. The van der Waals surface area contributed by atoms with E-state index in [1.54, 1.807) is 31.2 Å². The van der Waals surface area contributed by atoms with Crippen LogP contribution in [0.2, 0.25) is 0 Å². The molecular formula is C16H24O6S. The van der Waals surface area contributed by atoms with Gasteiger partial charge in [-0.15, -0.1) is 0 Å². The first-order valence-electron chi connectivity index (χ1n) is 7.34. The summed E-state index contributed by atoms with van der Waals surface area (Å²) in [6.07, 6.45) is 0. The Morgan fingerprint density at radius 3 is 2.13 bits per heavy atom. The first-order valence-corrected chi connectivity index (χ1v) is 8.92. The van der Waals surface area contributed by atoms with Crippen molar-refractivity contribution in [2.45, 2.75) is 12.7 Å². The molecule has 0 atom stereocenters. The van der Waals surface area contributed by atoms with Crippen LogP contribution in [0.4, 0.5) is 0 Å². The maximum absolute atomic E-state index is 11.7. The van der Waals surface area contributed by atoms with Crippen molar-refractivity contribution in [1.29, 1.82) is 0 Å². The van der Waals surface area contributed by atoms with Crippen molar-refractivity contribution < 1.29 is 26.8 Å². The second kappa shape index (κ2) is 11.2. The van der Waals surface area contributed by atoms with Crippen LogP contribution in [0.15, 0.2) is 42.7 Å². The molecule has 1 rings (SSSR count). The minimum Gasteiger partial charge on any atom is -0.496 e. The van der Waals surface area contributed by atoms with Crippen molar-refractivity contribution in [3.63, 3.8) is 0 Å². The summed E-state index contributed by atoms with van der Waals surface area (Å²) in [5.74, 6) is 0.512. The highest BCUT2D eigenvalue weighted by molar-refractivity contribution is 7.85. The summed E-state index contributed by atoms with van der Waals surface area (Å²) in [6.45, 7) is 7.26. The lowest BCUT2D eigenvalue weighted by molar-refractivity contribution is 0.0205. The summed E-state index contributed by atoms with van der Waals surface area (Å²) in [5, 5.41) is 0. The maximum Gasteiger partial charge on any atom is 0.271 e. The number of hydrogen-bond acceptors (Lipinski definition) is 6. The van der Waals surface area contributed by atoms with Crippen LogP contribution in [-0.4, -0.2) is 48.1 Å². The lowest BCUT2D eigenvalue weighted by Gasteiger charge is -2.08. The molecule has 6 nitrogen and oxygen atoms in total. The van der Waals surface area contributed by atoms with E-state index >= 15 is 0 Å². The Morgan fingerprint density at radius 2 is 1.52 bits per heavy atom. The fourth-order valence-corrected chi connectivity index (χ4v) is 2.64. The van der Waals surface area contributed by atoms with Crippen LogP contribution in [0, 0.1) is 0 Å². The van der Waals surface area contributed by atoms with Gasteiger partial charge in [-0.1, -0.05) is 36.9 Å². The van der Waals surface area contributed by atoms with Crippen molar-refractivity contribution in [2.24, 2.45) is 0 Å². The Morgan fingerprint density at radius 1 is 0.957 bits per heavy atom. The van der Waals surface area contributed by atoms with Gasteiger partial charge in [0.05, 0.1) is 38.8 Å². The van der Waals surface area contributed by atoms with E-state index in [1.807, 2.05) is 6.07 Å². The third-order valence-corrected chi connectivity index (χ3v) is 3.84. The van der Waals surface area contributed by atoms with E-state index in [0.717, 1.165) is 0 Å². The lowest BCUT2D eigenvalue weighted by atomic mass is 10.2. The van der Waals surface area contributed by atoms with Crippen molar-refractivity contribution in [1.82, 2.24) is 0 Å². The quantitative estimate of drug-likeness (QED) is 0.310. The molecule has 7 heteroatoms. The van der Waals surface area contributed by atoms with Crippen LogP contribution in [0.3, 0.4) is 0 Å². The summed E-state index contributed by atoms with van der Waals surface area (Å²) in [7, 11) is -3.58. The fourth-order valence-electron chi connectivity index (χ4n) is 1.64. The summed E-state index contributed by atoms with van der Waals surface area (Å²) in [6, 6.07) is 8.89. The van der Waals surface area contributed by atoms with Crippen LogP contribution in [0.5, 0.6) is 0 Å². The molecule has 0 spiro atoms. The van der Waals surface area contributed by atoms with Gasteiger partial charge in [0.2, 0.25) is 0 Å². The minimum absolute atomic E-state index is 0.00602. The molecule has 0 fully saturated rings. The van der Waals surface area contributed by atoms with E-state index in [0.29, 0.717) is 37.8 Å². The molecule has 0 aromatic heterocycles. The van der Waals surface area contributed by atoms with Crippen molar-refractivity contribution in [3.8, 4) is 0 Å². The number of allylic oxidation sites excluding steroid dienone is 1. The van der Waals surface area contributed by atoms with Gasteiger partial charge in [-0.05, 0) is 12.5 Å². The SMILES string of the molecule is C=C(C)OCCOCCOCCOS(=O)(=O)Cc1ccccc1. The Labute approximate surface area is 138 Å². The predicted molar refractivity (Wildman–Crippen MR) is 87.4 cm³/mol. The van der Waals surface area contributed by atoms with Gasteiger partial charge < -0.3 is 14.2 Å². The van der Waals surface area contributed by atoms with E-state index in [1.165, 1.54) is 0 Å². The third-order valence-electron chi connectivity index (χ3n) is 2.62. The van der Waals surface area contributed by atoms with Gasteiger partial charge in [0.25, 0.3) is 10.1 Å². The zero-order valence-electron chi connectivity index (χ0n) is 13.4. The molecule has 0 saturated heterocycles. The Hall–Kier alpha value is -1.41. The molecule has 23 heavy (non-hydrogen) atoms. The van der Waals surface area contributed by atoms with Gasteiger partial charge in [0, 0.05) is 0 Å². The average molecular weight is 344 g/mol. The van der Waals surface area contributed by atoms with Crippen LogP contribution >= 0.6 is 0 Å². The van der Waals surface area contributed by atoms with E-state index in [-0.39, 0.29) is 19.0 Å². The summed E-state index contributed by atoms with van der Waals surface area (Å²) in [5.41, 5.74) is 0.693. The molecule has 0 radical (unpaired) electrons. The first kappa shape index (κ1) is 19.6. The molecular weight excluding hydrogens is 320 g/mol. The van der Waals surface area contributed by atoms with Gasteiger partial charge in [0.1, 0.15) is 12.4 Å². The third kappa shape index (κ3) is 10.9. The zero-order chi connectivity index (χ0) is 17.0. The fraction of sp³-hybridized carbons (Fsp3) is 0.500. The molecule has 0 aliphatic carbocycles. The van der Waals surface area contributed by atoms with Crippen molar-refractivity contribution >= 4 is 10.1 Å². The highest BCUT2D eigenvalue weighted by Gasteiger charge is 2.11. The van der Waals surface area contributed by atoms with E-state index in [2.05, 4.69) is 6.58 Å². The van der Waals surface area contributed by atoms with E-state index in [9.17, 15) is 8.42 Å². The molecule has 1 aromatic carbocycles. The Kier molecular flexibility index (Phi) is 9.54. The van der Waals surface area contributed by atoms with E-state index in [4.69, 9.17) is 18.4 Å².